The van der Waals surface area contributed by atoms with Gasteiger partial charge in [0.15, 0.2) is 5.78 Å². The summed E-state index contributed by atoms with van der Waals surface area (Å²) in [7, 11) is 0. The summed E-state index contributed by atoms with van der Waals surface area (Å²) >= 11 is 0. The minimum absolute atomic E-state index is 0.131. The summed E-state index contributed by atoms with van der Waals surface area (Å²) in [6, 6.07) is 3.48. The second-order valence-corrected chi connectivity index (χ2v) is 5.65. The number of carbonyl (C=O) groups excluding carboxylic acids is 1. The van der Waals surface area contributed by atoms with E-state index in [9.17, 15) is 30.0 Å². The van der Waals surface area contributed by atoms with Crippen molar-refractivity contribution in [2.45, 2.75) is 32.3 Å². The van der Waals surface area contributed by atoms with Gasteiger partial charge in [0.25, 0.3) is 0 Å². The number of phenols is 2. The Balaban J connectivity index is 2.37. The molecule has 118 valence electrons. The smallest absolute Gasteiger partial charge is 0.313 e. The molecule has 22 heavy (non-hydrogen) atoms. The number of phenolic OH excluding ortho intramolecular Hbond substituents is 2. The van der Waals surface area contributed by atoms with E-state index in [1.54, 1.807) is 13.0 Å². The fourth-order valence-corrected chi connectivity index (χ4v) is 2.86. The standard InChI is InChI=1S/C16H18O6/c1-9-3-2-6-16(14(9)20,15(21)22)8-13(19)11-7-10(17)4-5-12(11)18/h3-5,7,14,17-18,20H,2,6,8H2,1H3,(H,21,22). The van der Waals surface area contributed by atoms with Gasteiger partial charge in [-0.15, -0.1) is 0 Å². The van der Waals surface area contributed by atoms with Crippen LogP contribution in [-0.4, -0.2) is 38.3 Å². The molecule has 0 fully saturated rings. The highest BCUT2D eigenvalue weighted by Crippen LogP contribution is 2.41. The number of aromatic hydroxyl groups is 2. The van der Waals surface area contributed by atoms with E-state index in [0.29, 0.717) is 12.0 Å². The number of allylic oxidation sites excluding steroid dienone is 1. The zero-order valence-electron chi connectivity index (χ0n) is 12.1. The van der Waals surface area contributed by atoms with Gasteiger partial charge in [0.2, 0.25) is 0 Å². The van der Waals surface area contributed by atoms with Gasteiger partial charge in [0, 0.05) is 6.42 Å². The maximum atomic E-state index is 12.4. The molecule has 1 aliphatic carbocycles. The molecule has 0 amide bonds. The molecule has 0 saturated heterocycles. The SMILES string of the molecule is CC1=CCCC(CC(=O)c2cc(O)ccc2O)(C(=O)O)C1O. The zero-order valence-corrected chi connectivity index (χ0v) is 12.1. The van der Waals surface area contributed by atoms with Crippen molar-refractivity contribution in [2.24, 2.45) is 5.41 Å². The molecule has 0 aromatic heterocycles. The lowest BCUT2D eigenvalue weighted by Gasteiger charge is -2.37. The number of carboxylic acid groups (broad SMARTS) is 1. The molecule has 0 saturated carbocycles. The predicted molar refractivity (Wildman–Crippen MR) is 77.8 cm³/mol. The minimum atomic E-state index is -1.62. The van der Waals surface area contributed by atoms with Crippen LogP contribution in [0.25, 0.3) is 0 Å². The van der Waals surface area contributed by atoms with Crippen molar-refractivity contribution in [1.82, 2.24) is 0 Å². The molecule has 1 aliphatic rings. The van der Waals surface area contributed by atoms with Gasteiger partial charge in [-0.05, 0) is 43.5 Å². The van der Waals surface area contributed by atoms with Crippen LogP contribution < -0.4 is 0 Å². The lowest BCUT2D eigenvalue weighted by molar-refractivity contribution is -0.156. The first-order chi connectivity index (χ1) is 10.3. The van der Waals surface area contributed by atoms with Gasteiger partial charge in [0.1, 0.15) is 16.9 Å². The quantitative estimate of drug-likeness (QED) is 0.383. The summed E-state index contributed by atoms with van der Waals surface area (Å²) in [6.07, 6.45) is 0.622. The number of carbonyl (C=O) groups is 2. The van der Waals surface area contributed by atoms with Crippen LogP contribution >= 0.6 is 0 Å². The highest BCUT2D eigenvalue weighted by molar-refractivity contribution is 6.01. The Bertz CT molecular complexity index is 648. The second-order valence-electron chi connectivity index (χ2n) is 5.65. The van der Waals surface area contributed by atoms with Crippen LogP contribution in [0.3, 0.4) is 0 Å². The van der Waals surface area contributed by atoms with Gasteiger partial charge in [-0.1, -0.05) is 6.08 Å². The molecule has 0 bridgehead atoms. The molecule has 2 atom stereocenters. The first-order valence-electron chi connectivity index (χ1n) is 6.91. The molecule has 0 radical (unpaired) electrons. The summed E-state index contributed by atoms with van der Waals surface area (Å²) in [4.78, 5) is 24.1. The number of aliphatic carboxylic acids is 1. The number of aliphatic hydroxyl groups excluding tert-OH is 1. The van der Waals surface area contributed by atoms with Crippen LogP contribution in [0.5, 0.6) is 11.5 Å². The number of Topliss-reactive ketones (excluding diaryl/α,β-unsaturated/α-hetero) is 1. The van der Waals surface area contributed by atoms with Gasteiger partial charge < -0.3 is 20.4 Å². The van der Waals surface area contributed by atoms with Crippen molar-refractivity contribution >= 4 is 11.8 Å². The Kier molecular flexibility index (Phi) is 4.23. The van der Waals surface area contributed by atoms with E-state index in [4.69, 9.17) is 0 Å². The number of carboxylic acids is 1. The molecule has 6 heteroatoms. The van der Waals surface area contributed by atoms with Gasteiger partial charge in [-0.2, -0.15) is 0 Å². The lowest BCUT2D eigenvalue weighted by atomic mass is 9.68. The van der Waals surface area contributed by atoms with Crippen LogP contribution in [0.1, 0.15) is 36.5 Å². The Morgan fingerprint density at radius 3 is 2.64 bits per heavy atom. The average Bonchev–Trinajstić information content (AvgIpc) is 2.46. The first kappa shape index (κ1) is 16.0. The maximum Gasteiger partial charge on any atom is 0.313 e. The fraction of sp³-hybridized carbons (Fsp3) is 0.375. The van der Waals surface area contributed by atoms with Gasteiger partial charge in [-0.25, -0.2) is 0 Å². The Hall–Kier alpha value is -2.34. The van der Waals surface area contributed by atoms with Crippen LogP contribution in [-0.2, 0) is 4.79 Å². The normalized spacial score (nSPS) is 24.6. The molecule has 0 heterocycles. The summed E-state index contributed by atoms with van der Waals surface area (Å²) in [5.74, 6) is -2.42. The molecular formula is C16H18O6. The molecule has 1 aromatic carbocycles. The van der Waals surface area contributed by atoms with E-state index in [1.165, 1.54) is 12.1 Å². The number of hydrogen-bond donors (Lipinski definition) is 4. The molecule has 2 unspecified atom stereocenters. The number of rotatable bonds is 4. The van der Waals surface area contributed by atoms with E-state index in [0.717, 1.165) is 6.07 Å². The zero-order chi connectivity index (χ0) is 16.5. The number of hydrogen-bond acceptors (Lipinski definition) is 5. The van der Waals surface area contributed by atoms with Crippen LogP contribution in [0.15, 0.2) is 29.8 Å². The third-order valence-corrected chi connectivity index (χ3v) is 4.19. The first-order valence-corrected chi connectivity index (χ1v) is 6.91. The molecule has 2 rings (SSSR count). The highest BCUT2D eigenvalue weighted by Gasteiger charge is 2.48. The second kappa shape index (κ2) is 5.81. The van der Waals surface area contributed by atoms with E-state index in [1.807, 2.05) is 0 Å². The van der Waals surface area contributed by atoms with Crippen LogP contribution in [0.4, 0.5) is 0 Å². The van der Waals surface area contributed by atoms with Crippen molar-refractivity contribution in [3.05, 3.63) is 35.4 Å². The van der Waals surface area contributed by atoms with Crippen molar-refractivity contribution in [1.29, 1.82) is 0 Å². The van der Waals surface area contributed by atoms with E-state index in [2.05, 4.69) is 0 Å². The van der Waals surface area contributed by atoms with Gasteiger partial charge in [-0.3, -0.25) is 9.59 Å². The van der Waals surface area contributed by atoms with E-state index >= 15 is 0 Å². The fourth-order valence-electron chi connectivity index (χ4n) is 2.86. The molecule has 1 aromatic rings. The molecule has 0 aliphatic heterocycles. The van der Waals surface area contributed by atoms with Crippen LogP contribution in [0, 0.1) is 5.41 Å². The van der Waals surface area contributed by atoms with E-state index < -0.39 is 29.7 Å². The monoisotopic (exact) mass is 306 g/mol. The Morgan fingerprint density at radius 1 is 1.32 bits per heavy atom. The third-order valence-electron chi connectivity index (χ3n) is 4.19. The van der Waals surface area contributed by atoms with Gasteiger partial charge >= 0.3 is 5.97 Å². The third kappa shape index (κ3) is 2.69. The summed E-state index contributed by atoms with van der Waals surface area (Å²) < 4.78 is 0. The minimum Gasteiger partial charge on any atom is -0.508 e. The Morgan fingerprint density at radius 2 is 2.00 bits per heavy atom. The van der Waals surface area contributed by atoms with Crippen molar-refractivity contribution in [2.75, 3.05) is 0 Å². The summed E-state index contributed by atoms with van der Waals surface area (Å²) in [6.45, 7) is 1.62. The Labute approximate surface area is 127 Å². The summed E-state index contributed by atoms with van der Waals surface area (Å²) in [5, 5.41) is 39.0. The summed E-state index contributed by atoms with van der Waals surface area (Å²) in [5.41, 5.74) is -1.25. The molecule has 6 nitrogen and oxygen atoms in total. The number of benzene rings is 1. The largest absolute Gasteiger partial charge is 0.508 e. The van der Waals surface area contributed by atoms with Gasteiger partial charge in [0.05, 0.1) is 11.7 Å². The topological polar surface area (TPSA) is 115 Å². The molecule has 4 N–H and O–H groups in total. The maximum absolute atomic E-state index is 12.4. The lowest BCUT2D eigenvalue weighted by Crippen LogP contribution is -2.46. The number of aliphatic hydroxyl groups is 1. The molecule has 0 spiro atoms. The van der Waals surface area contributed by atoms with Crippen molar-refractivity contribution in [3.63, 3.8) is 0 Å². The predicted octanol–water partition coefficient (Wildman–Crippen LogP) is 1.84. The van der Waals surface area contributed by atoms with Crippen molar-refractivity contribution < 1.29 is 30.0 Å². The number of ketones is 1. The molecular weight excluding hydrogens is 288 g/mol. The highest BCUT2D eigenvalue weighted by atomic mass is 16.4. The van der Waals surface area contributed by atoms with Crippen molar-refractivity contribution in [3.8, 4) is 11.5 Å². The van der Waals surface area contributed by atoms with E-state index in [-0.39, 0.29) is 23.5 Å². The average molecular weight is 306 g/mol. The van der Waals surface area contributed by atoms with Crippen LogP contribution in [0.2, 0.25) is 0 Å².